The second kappa shape index (κ2) is 41.1. The number of carbonyl (C=O) groups is 11. The number of ether oxygens (including phenoxy) is 5. The van der Waals surface area contributed by atoms with E-state index >= 15 is 0 Å². The lowest BCUT2D eigenvalue weighted by Gasteiger charge is -2.41. The van der Waals surface area contributed by atoms with Crippen LogP contribution in [0.25, 0.3) is 10.4 Å². The number of hydrogen-bond acceptors (Lipinski definition) is 18. The van der Waals surface area contributed by atoms with Crippen molar-refractivity contribution in [3.8, 4) is 0 Å². The number of azide groups is 1. The summed E-state index contributed by atoms with van der Waals surface area (Å²) < 4.78 is 27.8. The Labute approximate surface area is 582 Å². The lowest BCUT2D eigenvalue weighted by molar-refractivity contribution is -0.148. The zero-order valence-electron chi connectivity index (χ0n) is 60.9. The fourth-order valence-corrected chi connectivity index (χ4v) is 11.8. The van der Waals surface area contributed by atoms with Crippen LogP contribution in [0.3, 0.4) is 0 Å². The number of esters is 1. The molecule has 99 heavy (non-hydrogen) atoms. The molecule has 10 amide bonds. The highest BCUT2D eigenvalue weighted by Gasteiger charge is 2.44. The van der Waals surface area contributed by atoms with E-state index in [1.165, 1.54) is 38.3 Å². The average Bonchev–Trinajstić information content (AvgIpc) is 1.80. The number of benzene rings is 2. The van der Waals surface area contributed by atoms with Crippen LogP contribution < -0.4 is 37.2 Å². The SMILES string of the molecule is CC[C@H](C)[C@@H]([C@@H](CC(=O)N1CCC[C@H]1[C@H](OC)[C@@H](C)C(=O)N[C@H](C)[C@@H](O)c1ccccc1)OC)N(C)C(=O)[C@@H](NC(=O)[C@H](C(C)C)N(C)C(=O)OCc1ccc(NC(=O)[C@H](CCNC(=O)OC(C)(C)C)NC(=O)[C@@H](NC(=O)[C@H](CCC(=O)OC)NC(=O)CN=[N+]=[N-])C(C)C)cc1)C(C)C. The normalized spacial score (nSPS) is 16.6. The predicted molar refractivity (Wildman–Crippen MR) is 368 cm³/mol. The number of alkyl carbamates (subject to hydrolysis) is 1. The summed E-state index contributed by atoms with van der Waals surface area (Å²) in [6.45, 7) is 22.0. The Hall–Kier alpha value is -8.60. The van der Waals surface area contributed by atoms with Crippen molar-refractivity contribution < 1.29 is 81.5 Å². The highest BCUT2D eigenvalue weighted by atomic mass is 16.6. The third kappa shape index (κ3) is 26.5. The third-order valence-corrected chi connectivity index (χ3v) is 17.4. The molecule has 0 saturated carbocycles. The van der Waals surface area contributed by atoms with Gasteiger partial charge in [0.15, 0.2) is 0 Å². The van der Waals surface area contributed by atoms with Gasteiger partial charge in [0.25, 0.3) is 0 Å². The van der Waals surface area contributed by atoms with E-state index in [9.17, 15) is 57.8 Å². The molecule has 1 aliphatic rings. The summed E-state index contributed by atoms with van der Waals surface area (Å²) in [4.78, 5) is 157. The molecular weight excluding hydrogens is 1280 g/mol. The Bertz CT molecular complexity index is 3050. The van der Waals surface area contributed by atoms with Crippen LogP contribution in [0.5, 0.6) is 0 Å². The fraction of sp³-hybridized carbons (Fsp3) is 0.667. The van der Waals surface area contributed by atoms with Gasteiger partial charge in [0.1, 0.15) is 49.0 Å². The van der Waals surface area contributed by atoms with Gasteiger partial charge in [-0.1, -0.05) is 116 Å². The molecule has 1 saturated heterocycles. The van der Waals surface area contributed by atoms with Gasteiger partial charge in [0.2, 0.25) is 47.3 Å². The molecule has 0 spiro atoms. The standard InChI is InChI=1S/C69H109N13O17/c1-19-42(8)58(51(95-16)36-53(84)82-35-23-26-50(82)60(97-18)43(9)61(87)73-44(10)59(86)46-24-21-20-22-25-46)80(14)66(92)56(40(4)5)78-65(91)57(41(6)7)81(15)68(94)98-38-45-27-29-47(30-28-45)74-62(88)49(33-34-71-67(93)99-69(11,12)13)76-64(90)55(39(2)3)77-63(89)48(31-32-54(85)96-17)75-52(83)37-72-79-70/h20-22,24-25,27-30,39-44,48-51,55-60,86H,19,23,26,31-38H2,1-18H3,(H,71,93)(H,73,87)(H,74,88)(H,75,83)(H,76,90)(H,77,89)(H,78,91)/t42-,43+,44+,48-,49-,50-,51+,55-,56-,57-,58-,59+,60+/m0/s1. The van der Waals surface area contributed by atoms with E-state index in [0.717, 1.165) is 12.0 Å². The number of amides is 10. The molecule has 30 heteroatoms. The third-order valence-electron chi connectivity index (χ3n) is 17.4. The maximum atomic E-state index is 14.8. The number of aliphatic hydroxyl groups excluding tert-OH is 1. The van der Waals surface area contributed by atoms with Crippen molar-refractivity contribution in [3.63, 3.8) is 0 Å². The summed E-state index contributed by atoms with van der Waals surface area (Å²) in [5, 5.41) is 32.9. The number of nitrogens with zero attached hydrogens (tertiary/aromatic N) is 6. The molecule has 13 atom stereocenters. The van der Waals surface area contributed by atoms with Crippen LogP contribution in [0.15, 0.2) is 59.7 Å². The number of aliphatic hydroxyl groups is 1. The van der Waals surface area contributed by atoms with Gasteiger partial charge in [0, 0.05) is 58.4 Å². The van der Waals surface area contributed by atoms with Crippen molar-refractivity contribution in [1.29, 1.82) is 0 Å². The van der Waals surface area contributed by atoms with Gasteiger partial charge in [-0.25, -0.2) is 9.59 Å². The molecule has 0 aliphatic carbocycles. The zero-order valence-corrected chi connectivity index (χ0v) is 60.9. The van der Waals surface area contributed by atoms with Crippen LogP contribution in [-0.2, 0) is 73.4 Å². The Morgan fingerprint density at radius 1 is 0.727 bits per heavy atom. The summed E-state index contributed by atoms with van der Waals surface area (Å²) in [6.07, 6.45) is -3.03. The van der Waals surface area contributed by atoms with E-state index in [2.05, 4.69) is 52.0 Å². The van der Waals surface area contributed by atoms with Crippen molar-refractivity contribution >= 4 is 71.1 Å². The number of rotatable bonds is 38. The van der Waals surface area contributed by atoms with E-state index < -0.39 is 156 Å². The van der Waals surface area contributed by atoms with Crippen LogP contribution in [0.1, 0.15) is 152 Å². The van der Waals surface area contributed by atoms with Gasteiger partial charge in [-0.15, -0.1) is 0 Å². The maximum absolute atomic E-state index is 14.8. The molecule has 1 aliphatic heterocycles. The highest BCUT2D eigenvalue weighted by Crippen LogP contribution is 2.31. The van der Waals surface area contributed by atoms with Gasteiger partial charge < -0.3 is 75.8 Å². The average molecular weight is 1390 g/mol. The van der Waals surface area contributed by atoms with E-state index in [1.54, 1.807) is 112 Å². The summed E-state index contributed by atoms with van der Waals surface area (Å²) in [6, 6.07) is 7.26. The zero-order chi connectivity index (χ0) is 74.6. The number of anilines is 1. The molecule has 0 aromatic heterocycles. The monoisotopic (exact) mass is 1390 g/mol. The summed E-state index contributed by atoms with van der Waals surface area (Å²) in [5.74, 6) is -7.98. The Morgan fingerprint density at radius 2 is 1.34 bits per heavy atom. The topological polar surface area (TPSA) is 397 Å². The van der Waals surface area contributed by atoms with Crippen molar-refractivity contribution in [3.05, 3.63) is 76.2 Å². The minimum Gasteiger partial charge on any atom is -0.469 e. The number of likely N-dealkylation sites (N-methyl/N-ethyl adjacent to an activating group) is 2. The lowest BCUT2D eigenvalue weighted by atomic mass is 9.89. The Morgan fingerprint density at radius 3 is 1.90 bits per heavy atom. The summed E-state index contributed by atoms with van der Waals surface area (Å²) in [7, 11) is 7.17. The van der Waals surface area contributed by atoms with Gasteiger partial charge in [0.05, 0.1) is 55.9 Å². The van der Waals surface area contributed by atoms with Crippen LogP contribution in [0, 0.1) is 29.6 Å². The molecule has 0 bridgehead atoms. The lowest BCUT2D eigenvalue weighted by Crippen LogP contribution is -2.60. The first-order valence-electron chi connectivity index (χ1n) is 33.8. The molecule has 552 valence electrons. The molecule has 2 aromatic carbocycles. The Balaban J connectivity index is 1.76. The molecule has 8 N–H and O–H groups in total. The summed E-state index contributed by atoms with van der Waals surface area (Å²) in [5.41, 5.74) is 9.21. The predicted octanol–water partition coefficient (Wildman–Crippen LogP) is 5.81. The molecule has 3 rings (SSSR count). The van der Waals surface area contributed by atoms with Gasteiger partial charge in [-0.2, -0.15) is 0 Å². The van der Waals surface area contributed by atoms with Crippen LogP contribution in [0.4, 0.5) is 15.3 Å². The number of hydrogen-bond donors (Lipinski definition) is 8. The number of nitrogens with one attached hydrogen (secondary N) is 7. The first kappa shape index (κ1) is 84.6. The second-order valence-corrected chi connectivity index (χ2v) is 27.1. The number of likely N-dealkylation sites (tertiary alicyclic amines) is 1. The van der Waals surface area contributed by atoms with E-state index in [4.69, 9.17) is 24.5 Å². The molecule has 0 radical (unpaired) electrons. The first-order valence-corrected chi connectivity index (χ1v) is 33.8. The minimum absolute atomic E-state index is 0.107. The van der Waals surface area contributed by atoms with E-state index in [-0.39, 0.29) is 62.3 Å². The molecule has 1 heterocycles. The van der Waals surface area contributed by atoms with Crippen molar-refractivity contribution in [2.45, 2.75) is 214 Å². The fourth-order valence-electron chi connectivity index (χ4n) is 11.8. The van der Waals surface area contributed by atoms with E-state index in [0.29, 0.717) is 36.9 Å². The smallest absolute Gasteiger partial charge is 0.410 e. The van der Waals surface area contributed by atoms with Gasteiger partial charge >= 0.3 is 18.2 Å². The number of carbonyl (C=O) groups excluding carboxylic acids is 11. The summed E-state index contributed by atoms with van der Waals surface area (Å²) >= 11 is 0. The molecule has 0 unspecified atom stereocenters. The van der Waals surface area contributed by atoms with E-state index in [1.807, 2.05) is 32.0 Å². The minimum atomic E-state index is -1.37. The molecular formula is C69H109N13O17. The van der Waals surface area contributed by atoms with Crippen molar-refractivity contribution in [1.82, 2.24) is 46.6 Å². The number of methoxy groups -OCH3 is 3. The van der Waals surface area contributed by atoms with Gasteiger partial charge in [-0.05, 0) is 106 Å². The highest BCUT2D eigenvalue weighted by molar-refractivity contribution is 5.99. The molecule has 30 nitrogen and oxygen atoms in total. The quantitative estimate of drug-likeness (QED) is 0.0129. The molecule has 2 aromatic rings. The van der Waals surface area contributed by atoms with Crippen LogP contribution in [-0.4, -0.2) is 206 Å². The van der Waals surface area contributed by atoms with Crippen LogP contribution in [0.2, 0.25) is 0 Å². The maximum Gasteiger partial charge on any atom is 0.410 e. The van der Waals surface area contributed by atoms with Gasteiger partial charge in [-0.3, -0.25) is 48.1 Å². The van der Waals surface area contributed by atoms with Crippen molar-refractivity contribution in [2.24, 2.45) is 34.7 Å². The Kier molecular flexibility index (Phi) is 35.1. The second-order valence-electron chi connectivity index (χ2n) is 27.1. The largest absolute Gasteiger partial charge is 0.469 e. The molecule has 1 fully saturated rings. The first-order chi connectivity index (χ1) is 46.5. The van der Waals surface area contributed by atoms with Crippen molar-refractivity contribution in [2.75, 3.05) is 60.4 Å². The van der Waals surface area contributed by atoms with Crippen LogP contribution >= 0.6 is 0 Å².